The molecule has 26 heavy (non-hydrogen) atoms. The molecule has 136 valence electrons. The first-order chi connectivity index (χ1) is 12.5. The zero-order valence-corrected chi connectivity index (χ0v) is 15.7. The van der Waals surface area contributed by atoms with Gasteiger partial charge in [-0.15, -0.1) is 0 Å². The SMILES string of the molecule is CCc1cccc(CC)c1NC(=O)[C@H]1CC(=O)N(c2cccc(C)c2)C1. The van der Waals surface area contributed by atoms with Crippen molar-refractivity contribution in [1.29, 1.82) is 0 Å². The highest BCUT2D eigenvalue weighted by molar-refractivity contribution is 6.04. The molecule has 0 saturated carbocycles. The minimum Gasteiger partial charge on any atom is -0.325 e. The summed E-state index contributed by atoms with van der Waals surface area (Å²) in [5, 5.41) is 3.11. The van der Waals surface area contributed by atoms with Crippen LogP contribution in [0.2, 0.25) is 0 Å². The molecule has 1 fully saturated rings. The monoisotopic (exact) mass is 350 g/mol. The van der Waals surface area contributed by atoms with Crippen LogP contribution in [-0.4, -0.2) is 18.4 Å². The first kappa shape index (κ1) is 18.2. The molecule has 1 aliphatic rings. The number of para-hydroxylation sites is 1. The zero-order chi connectivity index (χ0) is 18.7. The number of carbonyl (C=O) groups excluding carboxylic acids is 2. The summed E-state index contributed by atoms with van der Waals surface area (Å²) in [6.07, 6.45) is 1.99. The molecular weight excluding hydrogens is 324 g/mol. The second-order valence-corrected chi connectivity index (χ2v) is 6.89. The van der Waals surface area contributed by atoms with Gasteiger partial charge < -0.3 is 10.2 Å². The Bertz CT molecular complexity index is 806. The number of hydrogen-bond donors (Lipinski definition) is 1. The van der Waals surface area contributed by atoms with E-state index < -0.39 is 0 Å². The maximum Gasteiger partial charge on any atom is 0.229 e. The van der Waals surface area contributed by atoms with Gasteiger partial charge in [-0.3, -0.25) is 9.59 Å². The molecule has 0 bridgehead atoms. The van der Waals surface area contributed by atoms with Crippen LogP contribution in [0.1, 0.15) is 37.0 Å². The molecule has 0 radical (unpaired) electrons. The third-order valence-corrected chi connectivity index (χ3v) is 5.06. The van der Waals surface area contributed by atoms with Gasteiger partial charge >= 0.3 is 0 Å². The topological polar surface area (TPSA) is 49.4 Å². The van der Waals surface area contributed by atoms with Crippen LogP contribution in [0.4, 0.5) is 11.4 Å². The summed E-state index contributed by atoms with van der Waals surface area (Å²) in [6, 6.07) is 14.0. The quantitative estimate of drug-likeness (QED) is 0.882. The van der Waals surface area contributed by atoms with Gasteiger partial charge in [-0.25, -0.2) is 0 Å². The lowest BCUT2D eigenvalue weighted by molar-refractivity contribution is -0.122. The van der Waals surface area contributed by atoms with Crippen molar-refractivity contribution in [3.63, 3.8) is 0 Å². The Labute approximate surface area is 155 Å². The Kier molecular flexibility index (Phi) is 5.40. The fourth-order valence-electron chi connectivity index (χ4n) is 3.56. The zero-order valence-electron chi connectivity index (χ0n) is 15.7. The van der Waals surface area contributed by atoms with E-state index in [1.165, 1.54) is 0 Å². The van der Waals surface area contributed by atoms with Crippen molar-refractivity contribution >= 4 is 23.2 Å². The number of amides is 2. The van der Waals surface area contributed by atoms with Gasteiger partial charge in [-0.2, -0.15) is 0 Å². The largest absolute Gasteiger partial charge is 0.325 e. The highest BCUT2D eigenvalue weighted by Crippen LogP contribution is 2.28. The van der Waals surface area contributed by atoms with E-state index in [2.05, 4.69) is 19.2 Å². The molecule has 1 N–H and O–H groups in total. The molecule has 0 aromatic heterocycles. The van der Waals surface area contributed by atoms with Crippen LogP contribution in [0, 0.1) is 12.8 Å². The maximum absolute atomic E-state index is 12.9. The van der Waals surface area contributed by atoms with Gasteiger partial charge in [0, 0.05) is 24.3 Å². The van der Waals surface area contributed by atoms with Gasteiger partial charge in [-0.05, 0) is 48.6 Å². The van der Waals surface area contributed by atoms with Gasteiger partial charge in [0.15, 0.2) is 0 Å². The van der Waals surface area contributed by atoms with E-state index in [9.17, 15) is 9.59 Å². The summed E-state index contributed by atoms with van der Waals surface area (Å²) >= 11 is 0. The van der Waals surface area contributed by atoms with E-state index in [0.29, 0.717) is 6.54 Å². The lowest BCUT2D eigenvalue weighted by atomic mass is 10.0. The van der Waals surface area contributed by atoms with E-state index >= 15 is 0 Å². The first-order valence-electron chi connectivity index (χ1n) is 9.32. The number of nitrogens with zero attached hydrogens (tertiary/aromatic N) is 1. The minimum atomic E-state index is -0.322. The van der Waals surface area contributed by atoms with Crippen molar-refractivity contribution in [3.8, 4) is 0 Å². The van der Waals surface area contributed by atoms with Gasteiger partial charge in [0.25, 0.3) is 0 Å². The Morgan fingerprint density at radius 3 is 2.38 bits per heavy atom. The van der Waals surface area contributed by atoms with Crippen LogP contribution in [0.25, 0.3) is 0 Å². The second-order valence-electron chi connectivity index (χ2n) is 6.89. The standard InChI is InChI=1S/C22H26N2O2/c1-4-16-9-7-10-17(5-2)21(16)23-22(26)18-13-20(25)24(14-18)19-11-6-8-15(3)12-19/h6-12,18H,4-5,13-14H2,1-3H3,(H,23,26)/t18-/m0/s1. The fourth-order valence-corrected chi connectivity index (χ4v) is 3.56. The van der Waals surface area contributed by atoms with Gasteiger partial charge in [-0.1, -0.05) is 44.2 Å². The summed E-state index contributed by atoms with van der Waals surface area (Å²) in [4.78, 5) is 27.0. The lowest BCUT2D eigenvalue weighted by Gasteiger charge is -2.18. The van der Waals surface area contributed by atoms with Gasteiger partial charge in [0.2, 0.25) is 11.8 Å². The van der Waals surface area contributed by atoms with Crippen molar-refractivity contribution in [1.82, 2.24) is 0 Å². The predicted molar refractivity (Wildman–Crippen MR) is 105 cm³/mol. The summed E-state index contributed by atoms with van der Waals surface area (Å²) in [6.45, 7) is 6.61. The molecule has 1 saturated heterocycles. The Hall–Kier alpha value is -2.62. The minimum absolute atomic E-state index is 0.00948. The fraction of sp³-hybridized carbons (Fsp3) is 0.364. The molecule has 0 aliphatic carbocycles. The smallest absolute Gasteiger partial charge is 0.229 e. The number of nitrogens with one attached hydrogen (secondary N) is 1. The molecule has 0 spiro atoms. The van der Waals surface area contributed by atoms with Crippen LogP contribution in [0.3, 0.4) is 0 Å². The molecule has 2 aromatic carbocycles. The van der Waals surface area contributed by atoms with Crippen LogP contribution in [0.5, 0.6) is 0 Å². The normalized spacial score (nSPS) is 16.8. The van der Waals surface area contributed by atoms with Crippen molar-refractivity contribution in [2.24, 2.45) is 5.92 Å². The first-order valence-corrected chi connectivity index (χ1v) is 9.32. The maximum atomic E-state index is 12.9. The molecule has 0 unspecified atom stereocenters. The van der Waals surface area contributed by atoms with Crippen LogP contribution in [-0.2, 0) is 22.4 Å². The van der Waals surface area contributed by atoms with Crippen molar-refractivity contribution in [2.75, 3.05) is 16.8 Å². The summed E-state index contributed by atoms with van der Waals surface area (Å²) in [5.41, 5.74) is 5.17. The Balaban J connectivity index is 1.77. The predicted octanol–water partition coefficient (Wildman–Crippen LogP) is 4.11. The number of rotatable bonds is 5. The number of anilines is 2. The van der Waals surface area contributed by atoms with E-state index in [1.54, 1.807) is 4.90 Å². The van der Waals surface area contributed by atoms with Crippen molar-refractivity contribution in [3.05, 3.63) is 59.2 Å². The van der Waals surface area contributed by atoms with Gasteiger partial charge in [0.05, 0.1) is 5.92 Å². The molecule has 4 nitrogen and oxygen atoms in total. The number of benzene rings is 2. The van der Waals surface area contributed by atoms with Crippen LogP contribution < -0.4 is 10.2 Å². The number of hydrogen-bond acceptors (Lipinski definition) is 2. The van der Waals surface area contributed by atoms with Crippen LogP contribution in [0.15, 0.2) is 42.5 Å². The molecule has 2 amide bonds. The molecule has 1 heterocycles. The third-order valence-electron chi connectivity index (χ3n) is 5.06. The highest BCUT2D eigenvalue weighted by Gasteiger charge is 2.35. The molecular formula is C22H26N2O2. The summed E-state index contributed by atoms with van der Waals surface area (Å²) < 4.78 is 0. The molecule has 2 aromatic rings. The molecule has 1 atom stereocenters. The molecule has 4 heteroatoms. The second kappa shape index (κ2) is 7.73. The van der Waals surface area contributed by atoms with E-state index in [-0.39, 0.29) is 24.2 Å². The van der Waals surface area contributed by atoms with E-state index in [4.69, 9.17) is 0 Å². The lowest BCUT2D eigenvalue weighted by Crippen LogP contribution is -2.28. The van der Waals surface area contributed by atoms with Crippen LogP contribution >= 0.6 is 0 Å². The third kappa shape index (κ3) is 3.64. The van der Waals surface area contributed by atoms with E-state index in [0.717, 1.165) is 40.9 Å². The van der Waals surface area contributed by atoms with E-state index in [1.807, 2.05) is 49.4 Å². The highest BCUT2D eigenvalue weighted by atomic mass is 16.2. The molecule has 1 aliphatic heterocycles. The Morgan fingerprint density at radius 1 is 1.12 bits per heavy atom. The average molecular weight is 350 g/mol. The summed E-state index contributed by atoms with van der Waals surface area (Å²) in [5.74, 6) is -0.378. The Morgan fingerprint density at radius 2 is 1.77 bits per heavy atom. The number of carbonyl (C=O) groups is 2. The van der Waals surface area contributed by atoms with Crippen molar-refractivity contribution < 1.29 is 9.59 Å². The average Bonchev–Trinajstić information content (AvgIpc) is 3.03. The molecule has 3 rings (SSSR count). The van der Waals surface area contributed by atoms with Crippen molar-refractivity contribution in [2.45, 2.75) is 40.0 Å². The number of aryl methyl sites for hydroxylation is 3. The van der Waals surface area contributed by atoms with Gasteiger partial charge in [0.1, 0.15) is 0 Å². The summed E-state index contributed by atoms with van der Waals surface area (Å²) in [7, 11) is 0.